The van der Waals surface area contributed by atoms with E-state index in [1.807, 2.05) is 0 Å². The Balaban J connectivity index is 1.90. The first-order chi connectivity index (χ1) is 9.11. The molecule has 2 unspecified atom stereocenters. The highest BCUT2D eigenvalue weighted by Crippen LogP contribution is 2.29. The maximum atomic E-state index is 12.4. The van der Waals surface area contributed by atoms with Gasteiger partial charge in [0.1, 0.15) is 0 Å². The standard InChI is InChI=1S/C16H30N2O/c1-4-14-16(19)18(15(17-14)11-12(2)3)10-9-13-7-5-6-8-13/h12-15,17H,4-11H2,1-3H3. The van der Waals surface area contributed by atoms with Crippen molar-refractivity contribution in [1.82, 2.24) is 10.2 Å². The predicted octanol–water partition coefficient (Wildman–Crippen LogP) is 3.15. The molecule has 1 amide bonds. The van der Waals surface area contributed by atoms with Crippen LogP contribution in [0.15, 0.2) is 0 Å². The third-order valence-corrected chi connectivity index (χ3v) is 4.71. The molecule has 2 aliphatic rings. The molecule has 1 saturated heterocycles. The monoisotopic (exact) mass is 266 g/mol. The van der Waals surface area contributed by atoms with Gasteiger partial charge in [-0.05, 0) is 31.1 Å². The van der Waals surface area contributed by atoms with E-state index in [2.05, 4.69) is 31.0 Å². The Morgan fingerprint density at radius 1 is 1.32 bits per heavy atom. The summed E-state index contributed by atoms with van der Waals surface area (Å²) >= 11 is 0. The van der Waals surface area contributed by atoms with Gasteiger partial charge in [0.25, 0.3) is 0 Å². The number of carbonyl (C=O) groups excluding carboxylic acids is 1. The lowest BCUT2D eigenvalue weighted by Gasteiger charge is -2.26. The summed E-state index contributed by atoms with van der Waals surface area (Å²) in [5.41, 5.74) is 0. The highest BCUT2D eigenvalue weighted by molar-refractivity contribution is 5.84. The molecule has 1 aliphatic heterocycles. The summed E-state index contributed by atoms with van der Waals surface area (Å²) < 4.78 is 0. The average molecular weight is 266 g/mol. The molecule has 3 heteroatoms. The van der Waals surface area contributed by atoms with Gasteiger partial charge in [0.05, 0.1) is 12.2 Å². The fourth-order valence-electron chi connectivity index (χ4n) is 3.57. The predicted molar refractivity (Wildman–Crippen MR) is 78.7 cm³/mol. The minimum absolute atomic E-state index is 0.0623. The van der Waals surface area contributed by atoms with E-state index in [9.17, 15) is 4.79 Å². The molecule has 0 aromatic carbocycles. The second-order valence-corrected chi connectivity index (χ2v) is 6.74. The van der Waals surface area contributed by atoms with Crippen molar-refractivity contribution >= 4 is 5.91 Å². The van der Waals surface area contributed by atoms with Crippen LogP contribution in [-0.2, 0) is 4.79 Å². The van der Waals surface area contributed by atoms with Crippen LogP contribution < -0.4 is 5.32 Å². The molecule has 0 aromatic rings. The van der Waals surface area contributed by atoms with Crippen LogP contribution in [0.1, 0.15) is 65.7 Å². The zero-order chi connectivity index (χ0) is 13.8. The van der Waals surface area contributed by atoms with Gasteiger partial charge in [-0.2, -0.15) is 0 Å². The molecule has 0 radical (unpaired) electrons. The van der Waals surface area contributed by atoms with Crippen LogP contribution in [0.4, 0.5) is 0 Å². The Hall–Kier alpha value is -0.570. The first kappa shape index (κ1) is 14.8. The fraction of sp³-hybridized carbons (Fsp3) is 0.938. The SMILES string of the molecule is CCC1NC(CC(C)C)N(CCC2CCCC2)C1=O. The minimum Gasteiger partial charge on any atom is -0.326 e. The lowest BCUT2D eigenvalue weighted by Crippen LogP contribution is -2.39. The summed E-state index contributed by atoms with van der Waals surface area (Å²) in [7, 11) is 0. The molecule has 19 heavy (non-hydrogen) atoms. The highest BCUT2D eigenvalue weighted by atomic mass is 16.2. The first-order valence-corrected chi connectivity index (χ1v) is 8.18. The van der Waals surface area contributed by atoms with Crippen LogP contribution in [0.5, 0.6) is 0 Å². The Bertz CT molecular complexity index is 297. The summed E-state index contributed by atoms with van der Waals surface area (Å²) in [6.45, 7) is 7.54. The first-order valence-electron chi connectivity index (χ1n) is 8.18. The molecule has 0 spiro atoms. The molecule has 1 N–H and O–H groups in total. The molecule has 1 aliphatic carbocycles. The van der Waals surface area contributed by atoms with Crippen molar-refractivity contribution in [3.05, 3.63) is 0 Å². The molecule has 0 aromatic heterocycles. The second kappa shape index (κ2) is 6.74. The van der Waals surface area contributed by atoms with Gasteiger partial charge < -0.3 is 4.90 Å². The Morgan fingerprint density at radius 3 is 2.58 bits per heavy atom. The molecule has 2 fully saturated rings. The number of hydrogen-bond acceptors (Lipinski definition) is 2. The summed E-state index contributed by atoms with van der Waals surface area (Å²) in [5, 5.41) is 3.52. The minimum atomic E-state index is 0.0623. The second-order valence-electron chi connectivity index (χ2n) is 6.74. The number of rotatable bonds is 6. The number of nitrogens with zero attached hydrogens (tertiary/aromatic N) is 1. The van der Waals surface area contributed by atoms with Gasteiger partial charge in [0.15, 0.2) is 0 Å². The lowest BCUT2D eigenvalue weighted by molar-refractivity contribution is -0.130. The Labute approximate surface area is 118 Å². The van der Waals surface area contributed by atoms with Gasteiger partial charge in [0, 0.05) is 6.54 Å². The smallest absolute Gasteiger partial charge is 0.241 e. The fourth-order valence-corrected chi connectivity index (χ4v) is 3.57. The number of hydrogen-bond donors (Lipinski definition) is 1. The van der Waals surface area contributed by atoms with Crippen LogP contribution >= 0.6 is 0 Å². The van der Waals surface area contributed by atoms with E-state index in [1.165, 1.54) is 32.1 Å². The molecular formula is C16H30N2O. The van der Waals surface area contributed by atoms with E-state index < -0.39 is 0 Å². The van der Waals surface area contributed by atoms with Crippen LogP contribution in [0.25, 0.3) is 0 Å². The maximum absolute atomic E-state index is 12.4. The topological polar surface area (TPSA) is 32.3 Å². The molecule has 1 heterocycles. The number of carbonyl (C=O) groups is 1. The highest BCUT2D eigenvalue weighted by Gasteiger charge is 2.37. The van der Waals surface area contributed by atoms with Crippen molar-refractivity contribution in [2.24, 2.45) is 11.8 Å². The van der Waals surface area contributed by atoms with Gasteiger partial charge in [-0.1, -0.05) is 46.5 Å². The Morgan fingerprint density at radius 2 is 2.00 bits per heavy atom. The molecule has 2 rings (SSSR count). The van der Waals surface area contributed by atoms with Gasteiger partial charge in [-0.15, -0.1) is 0 Å². The summed E-state index contributed by atoms with van der Waals surface area (Å²) in [6, 6.07) is 0.0623. The van der Waals surface area contributed by atoms with Gasteiger partial charge in [0.2, 0.25) is 5.91 Å². The van der Waals surface area contributed by atoms with E-state index in [1.54, 1.807) is 0 Å². The van der Waals surface area contributed by atoms with E-state index in [0.717, 1.165) is 25.3 Å². The van der Waals surface area contributed by atoms with E-state index >= 15 is 0 Å². The zero-order valence-electron chi connectivity index (χ0n) is 12.8. The van der Waals surface area contributed by atoms with Crippen LogP contribution in [0.3, 0.4) is 0 Å². The van der Waals surface area contributed by atoms with Crippen molar-refractivity contribution < 1.29 is 4.79 Å². The molecule has 3 nitrogen and oxygen atoms in total. The van der Waals surface area contributed by atoms with Crippen molar-refractivity contribution in [3.63, 3.8) is 0 Å². The van der Waals surface area contributed by atoms with Crippen molar-refractivity contribution in [3.8, 4) is 0 Å². The average Bonchev–Trinajstić information content (AvgIpc) is 2.96. The summed E-state index contributed by atoms with van der Waals surface area (Å²) in [5.74, 6) is 1.84. The molecule has 2 atom stereocenters. The quantitative estimate of drug-likeness (QED) is 0.801. The number of amides is 1. The van der Waals surface area contributed by atoms with Gasteiger partial charge >= 0.3 is 0 Å². The lowest BCUT2D eigenvalue weighted by atomic mass is 10.0. The molecule has 1 saturated carbocycles. The molecule has 110 valence electrons. The van der Waals surface area contributed by atoms with Crippen molar-refractivity contribution in [1.29, 1.82) is 0 Å². The van der Waals surface area contributed by atoms with Gasteiger partial charge in [-0.3, -0.25) is 10.1 Å². The van der Waals surface area contributed by atoms with Crippen LogP contribution in [0.2, 0.25) is 0 Å². The largest absolute Gasteiger partial charge is 0.326 e. The van der Waals surface area contributed by atoms with E-state index in [-0.39, 0.29) is 12.2 Å². The molecular weight excluding hydrogens is 236 g/mol. The third kappa shape index (κ3) is 3.71. The zero-order valence-corrected chi connectivity index (χ0v) is 12.8. The Kier molecular flexibility index (Phi) is 5.26. The van der Waals surface area contributed by atoms with Crippen LogP contribution in [0, 0.1) is 11.8 Å². The van der Waals surface area contributed by atoms with E-state index in [4.69, 9.17) is 0 Å². The third-order valence-electron chi connectivity index (χ3n) is 4.71. The van der Waals surface area contributed by atoms with Crippen molar-refractivity contribution in [2.45, 2.75) is 77.9 Å². The van der Waals surface area contributed by atoms with E-state index in [0.29, 0.717) is 11.8 Å². The van der Waals surface area contributed by atoms with Gasteiger partial charge in [-0.25, -0.2) is 0 Å². The molecule has 0 bridgehead atoms. The normalized spacial score (nSPS) is 28.8. The number of nitrogens with one attached hydrogen (secondary N) is 1. The maximum Gasteiger partial charge on any atom is 0.241 e. The van der Waals surface area contributed by atoms with Crippen molar-refractivity contribution in [2.75, 3.05) is 6.54 Å². The van der Waals surface area contributed by atoms with Crippen LogP contribution in [-0.4, -0.2) is 29.6 Å². The summed E-state index contributed by atoms with van der Waals surface area (Å²) in [6.07, 6.45) is 9.01. The summed E-state index contributed by atoms with van der Waals surface area (Å²) in [4.78, 5) is 14.5.